The number of hydrogen-bond donors (Lipinski definition) is 1. The lowest BCUT2D eigenvalue weighted by molar-refractivity contribution is -0.123. The summed E-state index contributed by atoms with van der Waals surface area (Å²) in [6.07, 6.45) is -0.0277. The third kappa shape index (κ3) is 4.29. The van der Waals surface area contributed by atoms with E-state index in [4.69, 9.17) is 0 Å². The molecule has 0 aliphatic carbocycles. The average molecular weight is 472 g/mol. The van der Waals surface area contributed by atoms with Gasteiger partial charge in [-0.25, -0.2) is 18.1 Å². The van der Waals surface area contributed by atoms with Crippen molar-refractivity contribution in [1.82, 2.24) is 9.21 Å². The van der Waals surface area contributed by atoms with E-state index in [1.54, 1.807) is 18.2 Å². The molecule has 0 radical (unpaired) electrons. The maximum atomic E-state index is 13.1. The van der Waals surface area contributed by atoms with Gasteiger partial charge in [0.2, 0.25) is 15.9 Å². The Morgan fingerprint density at radius 1 is 0.970 bits per heavy atom. The van der Waals surface area contributed by atoms with Gasteiger partial charge in [-0.05, 0) is 55.3 Å². The molecule has 1 N–H and O–H groups in total. The first kappa shape index (κ1) is 23.1. The summed E-state index contributed by atoms with van der Waals surface area (Å²) >= 11 is 0. The summed E-state index contributed by atoms with van der Waals surface area (Å²) in [4.78, 5) is 40.0. The molecule has 2 saturated heterocycles. The highest BCUT2D eigenvalue weighted by Crippen LogP contribution is 2.28. The number of anilines is 1. The minimum atomic E-state index is -3.65. The van der Waals surface area contributed by atoms with E-state index in [0.717, 1.165) is 16.0 Å². The van der Waals surface area contributed by atoms with E-state index < -0.39 is 33.8 Å². The monoisotopic (exact) mass is 471 g/mol. The van der Waals surface area contributed by atoms with E-state index in [1.807, 2.05) is 18.7 Å². The first-order valence-electron chi connectivity index (χ1n) is 10.6. The van der Waals surface area contributed by atoms with E-state index in [2.05, 4.69) is 0 Å². The first-order valence-corrected chi connectivity index (χ1v) is 12.0. The van der Waals surface area contributed by atoms with E-state index in [1.165, 1.54) is 28.6 Å². The SMILES string of the molecule is Cc1ccc(S(=O)(=O)N2CCN([C@H]3CC(=O)N(c4cccc(C(=O)O)c4)C3=O)CC2)cc1C. The van der Waals surface area contributed by atoms with Crippen LogP contribution in [-0.2, 0) is 19.6 Å². The molecule has 4 rings (SSSR count). The molecular weight excluding hydrogens is 446 g/mol. The number of sulfonamides is 1. The molecule has 33 heavy (non-hydrogen) atoms. The second-order valence-electron chi connectivity index (χ2n) is 8.33. The maximum Gasteiger partial charge on any atom is 0.335 e. The highest BCUT2D eigenvalue weighted by molar-refractivity contribution is 7.89. The van der Waals surface area contributed by atoms with Crippen LogP contribution in [0.1, 0.15) is 27.9 Å². The molecule has 2 aromatic rings. The zero-order valence-corrected chi connectivity index (χ0v) is 19.2. The van der Waals surface area contributed by atoms with Crippen LogP contribution in [0.2, 0.25) is 0 Å². The van der Waals surface area contributed by atoms with Gasteiger partial charge < -0.3 is 5.11 Å². The number of nitrogens with zero attached hydrogens (tertiary/aromatic N) is 3. The summed E-state index contributed by atoms with van der Waals surface area (Å²) in [5, 5.41) is 9.19. The van der Waals surface area contributed by atoms with Crippen molar-refractivity contribution in [3.63, 3.8) is 0 Å². The van der Waals surface area contributed by atoms with Crippen molar-refractivity contribution in [3.05, 3.63) is 59.2 Å². The Bertz CT molecular complexity index is 1230. The van der Waals surface area contributed by atoms with Crippen molar-refractivity contribution in [1.29, 1.82) is 0 Å². The number of carboxylic acid groups (broad SMARTS) is 1. The van der Waals surface area contributed by atoms with Crippen LogP contribution >= 0.6 is 0 Å². The molecule has 0 bridgehead atoms. The van der Waals surface area contributed by atoms with Crippen LogP contribution in [-0.4, -0.2) is 72.7 Å². The van der Waals surface area contributed by atoms with Gasteiger partial charge in [0.25, 0.3) is 5.91 Å². The molecule has 10 heteroatoms. The van der Waals surface area contributed by atoms with E-state index in [-0.39, 0.29) is 35.7 Å². The van der Waals surface area contributed by atoms with Crippen molar-refractivity contribution in [3.8, 4) is 0 Å². The highest BCUT2D eigenvalue weighted by Gasteiger charge is 2.44. The Balaban J connectivity index is 1.46. The quantitative estimate of drug-likeness (QED) is 0.659. The Morgan fingerprint density at radius 2 is 1.67 bits per heavy atom. The van der Waals surface area contributed by atoms with E-state index in [9.17, 15) is 27.9 Å². The molecule has 0 aromatic heterocycles. The topological polar surface area (TPSA) is 115 Å². The third-order valence-corrected chi connectivity index (χ3v) is 8.20. The second-order valence-corrected chi connectivity index (χ2v) is 10.3. The van der Waals surface area contributed by atoms with Crippen LogP contribution < -0.4 is 4.90 Å². The number of rotatable bonds is 5. The lowest BCUT2D eigenvalue weighted by Crippen LogP contribution is -2.53. The van der Waals surface area contributed by atoms with Gasteiger partial charge in [0, 0.05) is 26.2 Å². The van der Waals surface area contributed by atoms with Gasteiger partial charge in [0.1, 0.15) is 0 Å². The molecule has 9 nitrogen and oxygen atoms in total. The van der Waals surface area contributed by atoms with Gasteiger partial charge in [0.15, 0.2) is 0 Å². The Kier molecular flexibility index (Phi) is 6.08. The summed E-state index contributed by atoms with van der Waals surface area (Å²) in [5.41, 5.74) is 2.13. The Morgan fingerprint density at radius 3 is 2.30 bits per heavy atom. The number of benzene rings is 2. The molecule has 2 heterocycles. The highest BCUT2D eigenvalue weighted by atomic mass is 32.2. The van der Waals surface area contributed by atoms with Gasteiger partial charge in [0.05, 0.1) is 28.6 Å². The van der Waals surface area contributed by atoms with Gasteiger partial charge in [-0.1, -0.05) is 12.1 Å². The number of imide groups is 1. The predicted molar refractivity (Wildman–Crippen MR) is 121 cm³/mol. The molecule has 2 aliphatic heterocycles. The van der Waals surface area contributed by atoms with Crippen LogP contribution in [0.25, 0.3) is 0 Å². The zero-order valence-electron chi connectivity index (χ0n) is 18.4. The number of carbonyl (C=O) groups excluding carboxylic acids is 2. The molecule has 2 aliphatic rings. The predicted octanol–water partition coefficient (Wildman–Crippen LogP) is 1.64. The Labute approximate surface area is 192 Å². The van der Waals surface area contributed by atoms with E-state index >= 15 is 0 Å². The summed E-state index contributed by atoms with van der Waals surface area (Å²) in [6.45, 7) is 4.84. The number of aryl methyl sites for hydroxylation is 2. The summed E-state index contributed by atoms with van der Waals surface area (Å²) in [7, 11) is -3.65. The summed E-state index contributed by atoms with van der Waals surface area (Å²) in [5.74, 6) is -1.97. The first-order chi connectivity index (χ1) is 15.6. The van der Waals surface area contributed by atoms with Crippen molar-refractivity contribution in [2.45, 2.75) is 31.2 Å². The molecule has 174 valence electrons. The number of aromatic carboxylic acids is 1. The molecule has 0 spiro atoms. The number of piperazine rings is 1. The summed E-state index contributed by atoms with van der Waals surface area (Å²) in [6, 6.07) is 10.1. The van der Waals surface area contributed by atoms with Crippen LogP contribution in [0, 0.1) is 13.8 Å². The molecule has 2 amide bonds. The van der Waals surface area contributed by atoms with Crippen LogP contribution in [0.4, 0.5) is 5.69 Å². The van der Waals surface area contributed by atoms with Crippen molar-refractivity contribution in [2.24, 2.45) is 0 Å². The number of amides is 2. The van der Waals surface area contributed by atoms with Gasteiger partial charge in [-0.2, -0.15) is 4.31 Å². The van der Waals surface area contributed by atoms with Crippen LogP contribution in [0.3, 0.4) is 0 Å². The fourth-order valence-corrected chi connectivity index (χ4v) is 5.74. The number of carbonyl (C=O) groups is 3. The smallest absolute Gasteiger partial charge is 0.335 e. The zero-order chi connectivity index (χ0) is 23.9. The average Bonchev–Trinajstić information content (AvgIpc) is 3.09. The fraction of sp³-hybridized carbons (Fsp3) is 0.348. The molecule has 2 aromatic carbocycles. The third-order valence-electron chi connectivity index (χ3n) is 6.30. The van der Waals surface area contributed by atoms with Gasteiger partial charge in [-0.15, -0.1) is 0 Å². The lowest BCUT2D eigenvalue weighted by Gasteiger charge is -2.36. The maximum absolute atomic E-state index is 13.1. The standard InChI is InChI=1S/C23H25N3O6S/c1-15-6-7-19(12-16(15)2)33(31,32)25-10-8-24(9-11-25)20-14-21(27)26(22(20)28)18-5-3-4-17(13-18)23(29)30/h3-7,12-13,20H,8-11,14H2,1-2H3,(H,29,30)/t20-/m0/s1. The summed E-state index contributed by atoms with van der Waals surface area (Å²) < 4.78 is 27.5. The molecule has 2 fully saturated rings. The lowest BCUT2D eigenvalue weighted by atomic mass is 10.1. The normalized spacial score (nSPS) is 20.4. The van der Waals surface area contributed by atoms with Gasteiger partial charge >= 0.3 is 5.97 Å². The van der Waals surface area contributed by atoms with Crippen LogP contribution in [0.5, 0.6) is 0 Å². The van der Waals surface area contributed by atoms with Crippen molar-refractivity contribution >= 4 is 33.5 Å². The molecular formula is C23H25N3O6S. The minimum Gasteiger partial charge on any atom is -0.478 e. The van der Waals surface area contributed by atoms with Crippen molar-refractivity contribution < 1.29 is 27.9 Å². The van der Waals surface area contributed by atoms with Crippen LogP contribution in [0.15, 0.2) is 47.4 Å². The van der Waals surface area contributed by atoms with Gasteiger partial charge in [-0.3, -0.25) is 14.5 Å². The van der Waals surface area contributed by atoms with Crippen molar-refractivity contribution in [2.75, 3.05) is 31.1 Å². The minimum absolute atomic E-state index is 0.0123. The number of hydrogen-bond acceptors (Lipinski definition) is 6. The molecule has 1 atom stereocenters. The second kappa shape index (κ2) is 8.69. The molecule has 0 unspecified atom stereocenters. The number of carboxylic acids is 1. The van der Waals surface area contributed by atoms with E-state index in [0.29, 0.717) is 13.1 Å². The Hall–Kier alpha value is -3.08. The molecule has 0 saturated carbocycles. The largest absolute Gasteiger partial charge is 0.478 e. The fourth-order valence-electron chi connectivity index (χ4n) is 4.23.